The summed E-state index contributed by atoms with van der Waals surface area (Å²) in [5.74, 6) is 0.140. The van der Waals surface area contributed by atoms with E-state index in [9.17, 15) is 15.2 Å². The normalized spacial score (nSPS) is 15.9. The third-order valence-electron chi connectivity index (χ3n) is 3.86. The molecular weight excluding hydrogens is 345 g/mol. The number of aromatic hydroxyl groups is 1. The van der Waals surface area contributed by atoms with Crippen LogP contribution in [0.15, 0.2) is 12.1 Å². The monoisotopic (exact) mass is 367 g/mol. The predicted molar refractivity (Wildman–Crippen MR) is 93.3 cm³/mol. The summed E-state index contributed by atoms with van der Waals surface area (Å²) in [6.07, 6.45) is 0.762. The van der Waals surface area contributed by atoms with E-state index in [1.165, 1.54) is 19.2 Å². The zero-order chi connectivity index (χ0) is 15.4. The highest BCUT2D eigenvalue weighted by Crippen LogP contribution is 2.40. The van der Waals surface area contributed by atoms with Gasteiger partial charge in [-0.3, -0.25) is 15.0 Å². The van der Waals surface area contributed by atoms with Crippen LogP contribution in [0.4, 0.5) is 5.69 Å². The lowest BCUT2D eigenvalue weighted by molar-refractivity contribution is -0.385. The average molecular weight is 368 g/mol. The lowest BCUT2D eigenvalue weighted by Gasteiger charge is -2.35. The summed E-state index contributed by atoms with van der Waals surface area (Å²) in [6, 6.07) is 2.65. The first-order valence-electron chi connectivity index (χ1n) is 7.08. The van der Waals surface area contributed by atoms with Gasteiger partial charge in [-0.15, -0.1) is 24.8 Å². The highest BCUT2D eigenvalue weighted by molar-refractivity contribution is 5.85. The van der Waals surface area contributed by atoms with Crippen molar-refractivity contribution in [3.63, 3.8) is 0 Å². The van der Waals surface area contributed by atoms with E-state index in [-0.39, 0.29) is 48.0 Å². The molecule has 1 atom stereocenters. The Morgan fingerprint density at radius 1 is 1.39 bits per heavy atom. The van der Waals surface area contributed by atoms with Gasteiger partial charge in [-0.05, 0) is 6.42 Å². The molecule has 1 heterocycles. The molecule has 1 aliphatic heterocycles. The van der Waals surface area contributed by atoms with Crippen molar-refractivity contribution in [2.24, 2.45) is 0 Å². The number of halogens is 2. The van der Waals surface area contributed by atoms with E-state index >= 15 is 0 Å². The Morgan fingerprint density at radius 3 is 2.48 bits per heavy atom. The van der Waals surface area contributed by atoms with Crippen LogP contribution in [-0.2, 0) is 0 Å². The van der Waals surface area contributed by atoms with Gasteiger partial charge in [0.2, 0.25) is 0 Å². The van der Waals surface area contributed by atoms with Crippen molar-refractivity contribution in [1.29, 1.82) is 0 Å². The van der Waals surface area contributed by atoms with E-state index in [1.54, 1.807) is 0 Å². The van der Waals surface area contributed by atoms with Crippen LogP contribution in [0.2, 0.25) is 0 Å². The first-order chi connectivity index (χ1) is 10.1. The molecule has 0 unspecified atom stereocenters. The van der Waals surface area contributed by atoms with Gasteiger partial charge in [0.15, 0.2) is 11.5 Å². The zero-order valence-corrected chi connectivity index (χ0v) is 14.8. The number of nitro groups is 1. The molecule has 0 radical (unpaired) electrons. The molecule has 0 spiro atoms. The minimum Gasteiger partial charge on any atom is -0.504 e. The number of non-ortho nitro benzene ring substituents is 1. The zero-order valence-electron chi connectivity index (χ0n) is 13.2. The lowest BCUT2D eigenvalue weighted by atomic mass is 9.99. The first-order valence-corrected chi connectivity index (χ1v) is 7.08. The van der Waals surface area contributed by atoms with E-state index in [0.29, 0.717) is 5.56 Å². The van der Waals surface area contributed by atoms with Crippen LogP contribution in [-0.4, -0.2) is 48.2 Å². The molecule has 1 aromatic rings. The molecule has 1 aromatic carbocycles. The van der Waals surface area contributed by atoms with Crippen molar-refractivity contribution in [2.45, 2.75) is 19.4 Å². The number of hydrogen-bond donors (Lipinski definition) is 2. The Bertz CT molecular complexity index is 525. The second kappa shape index (κ2) is 9.77. The third-order valence-corrected chi connectivity index (χ3v) is 3.86. The summed E-state index contributed by atoms with van der Waals surface area (Å²) in [5, 5.41) is 24.7. The average Bonchev–Trinajstić information content (AvgIpc) is 2.50. The summed E-state index contributed by atoms with van der Waals surface area (Å²) >= 11 is 0. The summed E-state index contributed by atoms with van der Waals surface area (Å²) in [7, 11) is 1.40. The largest absolute Gasteiger partial charge is 0.504 e. The smallest absolute Gasteiger partial charge is 0.273 e. The summed E-state index contributed by atoms with van der Waals surface area (Å²) < 4.78 is 5.07. The number of nitrogens with zero attached hydrogens (tertiary/aromatic N) is 2. The molecule has 1 saturated heterocycles. The van der Waals surface area contributed by atoms with Gasteiger partial charge in [0.25, 0.3) is 5.69 Å². The van der Waals surface area contributed by atoms with Crippen LogP contribution < -0.4 is 10.1 Å². The minimum atomic E-state index is -0.462. The number of benzene rings is 1. The summed E-state index contributed by atoms with van der Waals surface area (Å²) in [6.45, 7) is 5.47. The van der Waals surface area contributed by atoms with Gasteiger partial charge in [-0.1, -0.05) is 6.92 Å². The Labute approximate surface area is 148 Å². The van der Waals surface area contributed by atoms with Crippen molar-refractivity contribution in [1.82, 2.24) is 10.2 Å². The maximum Gasteiger partial charge on any atom is 0.273 e. The molecule has 0 saturated carbocycles. The molecule has 9 heteroatoms. The van der Waals surface area contributed by atoms with Gasteiger partial charge in [0.05, 0.1) is 18.1 Å². The molecule has 132 valence electrons. The van der Waals surface area contributed by atoms with E-state index in [4.69, 9.17) is 4.74 Å². The van der Waals surface area contributed by atoms with Crippen LogP contribution in [0.25, 0.3) is 0 Å². The van der Waals surface area contributed by atoms with E-state index < -0.39 is 4.92 Å². The molecule has 2 rings (SSSR count). The fourth-order valence-electron chi connectivity index (χ4n) is 2.80. The van der Waals surface area contributed by atoms with Crippen molar-refractivity contribution >= 4 is 30.5 Å². The van der Waals surface area contributed by atoms with Crippen LogP contribution in [0.5, 0.6) is 11.5 Å². The molecule has 0 aromatic heterocycles. The van der Waals surface area contributed by atoms with Gasteiger partial charge >= 0.3 is 0 Å². The number of rotatable bonds is 5. The van der Waals surface area contributed by atoms with Crippen molar-refractivity contribution in [3.8, 4) is 11.5 Å². The molecule has 2 N–H and O–H groups in total. The summed E-state index contributed by atoms with van der Waals surface area (Å²) in [4.78, 5) is 12.8. The molecule has 0 bridgehead atoms. The molecule has 0 amide bonds. The standard InChI is InChI=1S/C14H21N3O4.2ClH/c1-3-12(16-6-4-15-5-7-16)11-8-10(17(19)20)9-13(21-2)14(11)18;;/h8-9,12,15,18H,3-7H2,1-2H3;2*1H/t12-;;/m0../s1. The highest BCUT2D eigenvalue weighted by Gasteiger charge is 2.27. The lowest BCUT2D eigenvalue weighted by Crippen LogP contribution is -2.45. The van der Waals surface area contributed by atoms with Crippen LogP contribution in [0.3, 0.4) is 0 Å². The second-order valence-corrected chi connectivity index (χ2v) is 5.05. The number of phenols is 1. The highest BCUT2D eigenvalue weighted by atomic mass is 35.5. The van der Waals surface area contributed by atoms with Crippen molar-refractivity contribution in [3.05, 3.63) is 27.8 Å². The van der Waals surface area contributed by atoms with E-state index in [2.05, 4.69) is 10.2 Å². The maximum absolute atomic E-state index is 11.1. The maximum atomic E-state index is 11.1. The number of nitro benzene ring substituents is 1. The molecule has 0 aliphatic carbocycles. The van der Waals surface area contributed by atoms with Gasteiger partial charge in [0.1, 0.15) is 0 Å². The number of piperazine rings is 1. The van der Waals surface area contributed by atoms with Gasteiger partial charge in [0, 0.05) is 43.9 Å². The molecule has 23 heavy (non-hydrogen) atoms. The summed E-state index contributed by atoms with van der Waals surface area (Å²) in [5.41, 5.74) is 0.499. The Balaban J connectivity index is 0.00000242. The number of phenolic OH excluding ortho intramolecular Hbond substituents is 1. The van der Waals surface area contributed by atoms with Crippen LogP contribution in [0.1, 0.15) is 24.9 Å². The molecule has 1 fully saturated rings. The molecule has 1 aliphatic rings. The van der Waals surface area contributed by atoms with E-state index in [1.807, 2.05) is 6.92 Å². The number of nitrogens with one attached hydrogen (secondary N) is 1. The minimum absolute atomic E-state index is 0. The predicted octanol–water partition coefficient (Wildman–Crippen LogP) is 2.51. The topological polar surface area (TPSA) is 87.9 Å². The van der Waals surface area contributed by atoms with Gasteiger partial charge < -0.3 is 15.2 Å². The van der Waals surface area contributed by atoms with Crippen LogP contribution in [0, 0.1) is 10.1 Å². The Hall–Kier alpha value is -1.28. The fraction of sp³-hybridized carbons (Fsp3) is 0.571. The van der Waals surface area contributed by atoms with Crippen molar-refractivity contribution < 1.29 is 14.8 Å². The molecular formula is C14H23Cl2N3O4. The quantitative estimate of drug-likeness (QED) is 0.613. The van der Waals surface area contributed by atoms with Crippen molar-refractivity contribution in [2.75, 3.05) is 33.3 Å². The SMILES string of the molecule is CC[C@@H](c1cc([N+](=O)[O-])cc(OC)c1O)N1CCNCC1.Cl.Cl. The first kappa shape index (κ1) is 21.7. The van der Waals surface area contributed by atoms with E-state index in [0.717, 1.165) is 32.6 Å². The van der Waals surface area contributed by atoms with Gasteiger partial charge in [-0.25, -0.2) is 0 Å². The van der Waals surface area contributed by atoms with Gasteiger partial charge in [-0.2, -0.15) is 0 Å². The number of methoxy groups -OCH3 is 1. The Kier molecular flexibility index (Phi) is 9.23. The Morgan fingerprint density at radius 2 is 2.00 bits per heavy atom. The second-order valence-electron chi connectivity index (χ2n) is 5.05. The molecule has 7 nitrogen and oxygen atoms in total. The number of ether oxygens (including phenoxy) is 1. The number of hydrogen-bond acceptors (Lipinski definition) is 6. The third kappa shape index (κ3) is 4.84. The van der Waals surface area contributed by atoms with Crippen LogP contribution >= 0.6 is 24.8 Å². The fourth-order valence-corrected chi connectivity index (χ4v) is 2.80.